The van der Waals surface area contributed by atoms with E-state index in [1.165, 1.54) is 17.7 Å². The molecule has 0 unspecified atom stereocenters. The molecule has 0 radical (unpaired) electrons. The summed E-state index contributed by atoms with van der Waals surface area (Å²) in [6, 6.07) is 16.1. The molecule has 6 heteroatoms. The molecule has 1 atom stereocenters. The van der Waals surface area contributed by atoms with E-state index in [-0.39, 0.29) is 17.8 Å². The molecule has 0 aliphatic heterocycles. The third-order valence-corrected chi connectivity index (χ3v) is 5.10. The number of carbonyl (C=O) groups is 1. The highest BCUT2D eigenvalue weighted by molar-refractivity contribution is 5.83. The summed E-state index contributed by atoms with van der Waals surface area (Å²) in [6.07, 6.45) is 5.89. The summed E-state index contributed by atoms with van der Waals surface area (Å²) in [5, 5.41) is 7.53. The fraction of sp³-hybridized carbons (Fsp3) is 0.304. The topological polar surface area (TPSA) is 50.2 Å². The van der Waals surface area contributed by atoms with Crippen LogP contribution in [0.2, 0.25) is 0 Å². The smallest absolute Gasteiger partial charge is 0.242 e. The Kier molecular flexibility index (Phi) is 5.71. The normalized spacial score (nSPS) is 14.7. The fourth-order valence-corrected chi connectivity index (χ4v) is 3.48. The zero-order chi connectivity index (χ0) is 20.2. The summed E-state index contributed by atoms with van der Waals surface area (Å²) in [5.41, 5.74) is 2.99. The van der Waals surface area contributed by atoms with E-state index in [1.54, 1.807) is 12.1 Å². The van der Waals surface area contributed by atoms with Gasteiger partial charge in [-0.25, -0.2) is 4.39 Å². The van der Waals surface area contributed by atoms with Crippen LogP contribution in [0, 0.1) is 5.82 Å². The second-order valence-corrected chi connectivity index (χ2v) is 7.68. The molecular formula is C23H25FN4O. The van der Waals surface area contributed by atoms with Crippen molar-refractivity contribution in [3.8, 4) is 0 Å². The van der Waals surface area contributed by atoms with Crippen LogP contribution < -0.4 is 5.32 Å². The number of likely N-dealkylation sites (N-methyl/N-ethyl adjacent to an activating group) is 1. The van der Waals surface area contributed by atoms with Gasteiger partial charge in [-0.15, -0.1) is 0 Å². The van der Waals surface area contributed by atoms with Gasteiger partial charge in [-0.2, -0.15) is 5.10 Å². The summed E-state index contributed by atoms with van der Waals surface area (Å²) in [6.45, 7) is 1.27. The number of nitrogens with zero attached hydrogens (tertiary/aromatic N) is 3. The molecule has 1 aromatic heterocycles. The Labute approximate surface area is 170 Å². The Morgan fingerprint density at radius 2 is 1.90 bits per heavy atom. The predicted octanol–water partition coefficient (Wildman–Crippen LogP) is 3.52. The van der Waals surface area contributed by atoms with Crippen LogP contribution in [0.1, 0.15) is 35.6 Å². The van der Waals surface area contributed by atoms with Crippen molar-refractivity contribution >= 4 is 5.91 Å². The van der Waals surface area contributed by atoms with Gasteiger partial charge < -0.3 is 5.32 Å². The van der Waals surface area contributed by atoms with Gasteiger partial charge in [0.2, 0.25) is 5.91 Å². The van der Waals surface area contributed by atoms with Crippen LogP contribution in [0.3, 0.4) is 0 Å². The number of benzene rings is 2. The molecule has 0 bridgehead atoms. The summed E-state index contributed by atoms with van der Waals surface area (Å²) in [4.78, 5) is 14.9. The van der Waals surface area contributed by atoms with E-state index in [1.807, 2.05) is 47.2 Å². The third kappa shape index (κ3) is 5.09. The van der Waals surface area contributed by atoms with E-state index in [9.17, 15) is 9.18 Å². The molecule has 1 heterocycles. The molecule has 1 fully saturated rings. The van der Waals surface area contributed by atoms with Gasteiger partial charge in [0.15, 0.2) is 0 Å². The quantitative estimate of drug-likeness (QED) is 0.638. The number of amides is 1. The van der Waals surface area contributed by atoms with Crippen molar-refractivity contribution in [1.29, 1.82) is 0 Å². The Hall–Kier alpha value is -2.99. The molecule has 3 aromatic rings. The van der Waals surface area contributed by atoms with Gasteiger partial charge in [0.25, 0.3) is 0 Å². The van der Waals surface area contributed by atoms with Crippen molar-refractivity contribution in [2.75, 3.05) is 7.05 Å². The lowest BCUT2D eigenvalue weighted by molar-refractivity contribution is -0.126. The average molecular weight is 392 g/mol. The number of nitrogens with one attached hydrogen (secondary N) is 1. The Balaban J connectivity index is 1.48. The maximum atomic E-state index is 13.4. The minimum absolute atomic E-state index is 0.0433. The number of halogens is 1. The van der Waals surface area contributed by atoms with E-state index >= 15 is 0 Å². The van der Waals surface area contributed by atoms with Crippen LogP contribution in [-0.4, -0.2) is 33.7 Å². The lowest BCUT2D eigenvalue weighted by Gasteiger charge is -2.27. The Bertz CT molecular complexity index is 951. The molecule has 5 nitrogen and oxygen atoms in total. The second-order valence-electron chi connectivity index (χ2n) is 7.68. The fourth-order valence-electron chi connectivity index (χ4n) is 3.48. The highest BCUT2D eigenvalue weighted by Gasteiger charge is 2.31. The summed E-state index contributed by atoms with van der Waals surface area (Å²) >= 11 is 0. The standard InChI is InChI=1S/C23H25FN4O/c1-27(14-18-13-25-28(16-18)15-17-5-3-2-4-6-17)22(23(29)26-21-11-12-21)19-7-9-20(24)10-8-19/h2-10,13,16,21-22H,11-12,14-15H2,1H3,(H,26,29)/t22-/m1/s1. The number of hydrogen-bond donors (Lipinski definition) is 1. The summed E-state index contributed by atoms with van der Waals surface area (Å²) in [5.74, 6) is -0.349. The first-order valence-electron chi connectivity index (χ1n) is 9.90. The van der Waals surface area contributed by atoms with E-state index in [0.29, 0.717) is 13.1 Å². The number of hydrogen-bond acceptors (Lipinski definition) is 3. The molecule has 2 aromatic carbocycles. The summed E-state index contributed by atoms with van der Waals surface area (Å²) < 4.78 is 15.3. The molecule has 150 valence electrons. The average Bonchev–Trinajstić information content (AvgIpc) is 3.42. The number of aromatic nitrogens is 2. The van der Waals surface area contributed by atoms with Crippen molar-refractivity contribution in [2.24, 2.45) is 0 Å². The molecule has 1 aliphatic rings. The Morgan fingerprint density at radius 3 is 2.59 bits per heavy atom. The molecular weight excluding hydrogens is 367 g/mol. The zero-order valence-corrected chi connectivity index (χ0v) is 16.5. The SMILES string of the molecule is CN(Cc1cnn(Cc2ccccc2)c1)[C@@H](C(=O)NC1CC1)c1ccc(F)cc1. The molecule has 4 rings (SSSR count). The third-order valence-electron chi connectivity index (χ3n) is 5.10. The monoisotopic (exact) mass is 392 g/mol. The molecule has 1 amide bonds. The Morgan fingerprint density at radius 1 is 1.17 bits per heavy atom. The molecule has 0 saturated heterocycles. The van der Waals surface area contributed by atoms with Gasteiger partial charge in [0.1, 0.15) is 11.9 Å². The van der Waals surface area contributed by atoms with Gasteiger partial charge in [-0.05, 0) is 43.1 Å². The molecule has 1 saturated carbocycles. The minimum Gasteiger partial charge on any atom is -0.352 e. The van der Waals surface area contributed by atoms with Gasteiger partial charge >= 0.3 is 0 Å². The van der Waals surface area contributed by atoms with Crippen molar-refractivity contribution in [1.82, 2.24) is 20.0 Å². The lowest BCUT2D eigenvalue weighted by atomic mass is 10.0. The first-order valence-corrected chi connectivity index (χ1v) is 9.90. The highest BCUT2D eigenvalue weighted by Crippen LogP contribution is 2.25. The lowest BCUT2D eigenvalue weighted by Crippen LogP contribution is -2.39. The van der Waals surface area contributed by atoms with Gasteiger partial charge in [-0.1, -0.05) is 42.5 Å². The minimum atomic E-state index is -0.478. The van der Waals surface area contributed by atoms with Crippen LogP contribution in [0.25, 0.3) is 0 Å². The van der Waals surface area contributed by atoms with E-state index in [0.717, 1.165) is 24.0 Å². The first-order chi connectivity index (χ1) is 14.1. The van der Waals surface area contributed by atoms with E-state index in [4.69, 9.17) is 0 Å². The second kappa shape index (κ2) is 8.57. The van der Waals surface area contributed by atoms with Crippen LogP contribution in [-0.2, 0) is 17.9 Å². The molecule has 29 heavy (non-hydrogen) atoms. The van der Waals surface area contributed by atoms with E-state index < -0.39 is 6.04 Å². The predicted molar refractivity (Wildman–Crippen MR) is 110 cm³/mol. The van der Waals surface area contributed by atoms with Crippen molar-refractivity contribution in [2.45, 2.75) is 38.0 Å². The molecule has 0 spiro atoms. The maximum absolute atomic E-state index is 13.4. The van der Waals surface area contributed by atoms with Gasteiger partial charge in [0.05, 0.1) is 12.7 Å². The number of rotatable bonds is 8. The molecule has 1 aliphatic carbocycles. The van der Waals surface area contributed by atoms with Crippen LogP contribution in [0.15, 0.2) is 67.0 Å². The molecule has 1 N–H and O–H groups in total. The largest absolute Gasteiger partial charge is 0.352 e. The van der Waals surface area contributed by atoms with Crippen molar-refractivity contribution in [3.63, 3.8) is 0 Å². The first kappa shape index (κ1) is 19.3. The zero-order valence-electron chi connectivity index (χ0n) is 16.5. The van der Waals surface area contributed by atoms with Crippen LogP contribution >= 0.6 is 0 Å². The van der Waals surface area contributed by atoms with Crippen LogP contribution in [0.4, 0.5) is 4.39 Å². The van der Waals surface area contributed by atoms with Crippen molar-refractivity contribution in [3.05, 3.63) is 89.5 Å². The van der Waals surface area contributed by atoms with Gasteiger partial charge in [0, 0.05) is 24.3 Å². The number of carbonyl (C=O) groups excluding carboxylic acids is 1. The van der Waals surface area contributed by atoms with Crippen molar-refractivity contribution < 1.29 is 9.18 Å². The van der Waals surface area contributed by atoms with Gasteiger partial charge in [-0.3, -0.25) is 14.4 Å². The van der Waals surface area contributed by atoms with Crippen LogP contribution in [0.5, 0.6) is 0 Å². The van der Waals surface area contributed by atoms with E-state index in [2.05, 4.69) is 22.5 Å². The maximum Gasteiger partial charge on any atom is 0.242 e. The highest BCUT2D eigenvalue weighted by atomic mass is 19.1. The summed E-state index contributed by atoms with van der Waals surface area (Å²) in [7, 11) is 1.91.